The normalized spacial score (nSPS) is 25.6. The molecule has 1 heterocycles. The molecule has 1 aliphatic carbocycles. The fourth-order valence-electron chi connectivity index (χ4n) is 2.17. The SMILES string of the molecule is CNC1(C(=O)N2CCSCC2)CCC1. The third kappa shape index (κ3) is 1.65. The zero-order chi connectivity index (χ0) is 10.0. The van der Waals surface area contributed by atoms with Crippen LogP contribution in [0.2, 0.25) is 0 Å². The van der Waals surface area contributed by atoms with E-state index in [-0.39, 0.29) is 5.54 Å². The molecular formula is C10H18N2OS. The number of carbonyl (C=O) groups is 1. The van der Waals surface area contributed by atoms with Gasteiger partial charge in [0.15, 0.2) is 0 Å². The van der Waals surface area contributed by atoms with Gasteiger partial charge in [-0.2, -0.15) is 11.8 Å². The second-order valence-electron chi connectivity index (χ2n) is 4.09. The van der Waals surface area contributed by atoms with Gasteiger partial charge in [0.1, 0.15) is 0 Å². The molecule has 1 saturated carbocycles. The minimum Gasteiger partial charge on any atom is -0.339 e. The van der Waals surface area contributed by atoms with E-state index in [9.17, 15) is 4.79 Å². The molecule has 14 heavy (non-hydrogen) atoms. The maximum Gasteiger partial charge on any atom is 0.242 e. The van der Waals surface area contributed by atoms with Crippen LogP contribution in [0.15, 0.2) is 0 Å². The summed E-state index contributed by atoms with van der Waals surface area (Å²) in [7, 11) is 1.91. The standard InChI is InChI=1S/C10H18N2OS/c1-11-10(3-2-4-10)9(13)12-5-7-14-8-6-12/h11H,2-8H2,1H3. The average molecular weight is 214 g/mol. The summed E-state index contributed by atoms with van der Waals surface area (Å²) in [5, 5.41) is 3.21. The molecule has 1 N–H and O–H groups in total. The minimum absolute atomic E-state index is 0.192. The van der Waals surface area contributed by atoms with E-state index in [0.29, 0.717) is 5.91 Å². The van der Waals surface area contributed by atoms with Crippen molar-refractivity contribution in [3.05, 3.63) is 0 Å². The number of thioether (sulfide) groups is 1. The number of amides is 1. The largest absolute Gasteiger partial charge is 0.339 e. The summed E-state index contributed by atoms with van der Waals surface area (Å²) in [5.74, 6) is 2.54. The third-order valence-electron chi connectivity index (χ3n) is 3.39. The summed E-state index contributed by atoms with van der Waals surface area (Å²) in [6.07, 6.45) is 3.23. The van der Waals surface area contributed by atoms with Crippen molar-refractivity contribution in [2.24, 2.45) is 0 Å². The van der Waals surface area contributed by atoms with E-state index < -0.39 is 0 Å². The Bertz CT molecular complexity index is 217. The summed E-state index contributed by atoms with van der Waals surface area (Å²) < 4.78 is 0. The number of nitrogens with one attached hydrogen (secondary N) is 1. The maximum absolute atomic E-state index is 12.2. The first-order valence-electron chi connectivity index (χ1n) is 5.34. The zero-order valence-electron chi connectivity index (χ0n) is 8.71. The lowest BCUT2D eigenvalue weighted by Crippen LogP contribution is -2.62. The molecule has 3 nitrogen and oxygen atoms in total. The lowest BCUT2D eigenvalue weighted by Gasteiger charge is -2.44. The van der Waals surface area contributed by atoms with Gasteiger partial charge in [0.05, 0.1) is 5.54 Å². The first kappa shape index (κ1) is 10.3. The first-order valence-corrected chi connectivity index (χ1v) is 6.50. The van der Waals surface area contributed by atoms with Crippen LogP contribution in [0.3, 0.4) is 0 Å². The highest BCUT2D eigenvalue weighted by Crippen LogP contribution is 2.33. The number of hydrogen-bond donors (Lipinski definition) is 1. The van der Waals surface area contributed by atoms with Gasteiger partial charge in [-0.05, 0) is 26.3 Å². The van der Waals surface area contributed by atoms with Crippen LogP contribution in [0.25, 0.3) is 0 Å². The van der Waals surface area contributed by atoms with E-state index in [4.69, 9.17) is 0 Å². The van der Waals surface area contributed by atoms with Crippen molar-refractivity contribution in [1.29, 1.82) is 0 Å². The van der Waals surface area contributed by atoms with Gasteiger partial charge in [-0.15, -0.1) is 0 Å². The van der Waals surface area contributed by atoms with E-state index >= 15 is 0 Å². The Hall–Kier alpha value is -0.220. The van der Waals surface area contributed by atoms with Gasteiger partial charge in [0.25, 0.3) is 0 Å². The highest BCUT2D eigenvalue weighted by molar-refractivity contribution is 7.99. The molecule has 0 aromatic heterocycles. The Kier molecular flexibility index (Phi) is 3.02. The number of likely N-dealkylation sites (N-methyl/N-ethyl adjacent to an activating group) is 1. The van der Waals surface area contributed by atoms with Gasteiger partial charge in [-0.3, -0.25) is 4.79 Å². The third-order valence-corrected chi connectivity index (χ3v) is 4.34. The molecule has 0 bridgehead atoms. The first-order chi connectivity index (χ1) is 6.78. The van der Waals surface area contributed by atoms with Crippen LogP contribution in [0, 0.1) is 0 Å². The molecule has 1 amide bonds. The topological polar surface area (TPSA) is 32.3 Å². The summed E-state index contributed by atoms with van der Waals surface area (Å²) >= 11 is 1.95. The molecule has 1 saturated heterocycles. The van der Waals surface area contributed by atoms with Crippen LogP contribution in [-0.4, -0.2) is 48.0 Å². The smallest absolute Gasteiger partial charge is 0.242 e. The number of hydrogen-bond acceptors (Lipinski definition) is 3. The number of carbonyl (C=O) groups excluding carboxylic acids is 1. The molecule has 0 aromatic carbocycles. The summed E-state index contributed by atoms with van der Waals surface area (Å²) in [6, 6.07) is 0. The van der Waals surface area contributed by atoms with Gasteiger partial charge in [-0.25, -0.2) is 0 Å². The van der Waals surface area contributed by atoms with E-state index in [0.717, 1.165) is 37.4 Å². The minimum atomic E-state index is -0.192. The van der Waals surface area contributed by atoms with E-state index in [1.807, 2.05) is 23.7 Å². The quantitative estimate of drug-likeness (QED) is 0.734. The average Bonchev–Trinajstić information content (AvgIpc) is 2.18. The lowest BCUT2D eigenvalue weighted by molar-refractivity contribution is -0.141. The van der Waals surface area contributed by atoms with Gasteiger partial charge >= 0.3 is 0 Å². The fourth-order valence-corrected chi connectivity index (χ4v) is 3.07. The molecule has 4 heteroatoms. The molecule has 0 spiro atoms. The van der Waals surface area contributed by atoms with Gasteiger partial charge in [0.2, 0.25) is 5.91 Å². The van der Waals surface area contributed by atoms with E-state index in [1.54, 1.807) is 0 Å². The number of rotatable bonds is 2. The van der Waals surface area contributed by atoms with Gasteiger partial charge < -0.3 is 10.2 Å². The van der Waals surface area contributed by atoms with E-state index in [2.05, 4.69) is 5.32 Å². The number of nitrogens with zero attached hydrogens (tertiary/aromatic N) is 1. The zero-order valence-corrected chi connectivity index (χ0v) is 9.53. The van der Waals surface area contributed by atoms with E-state index in [1.165, 1.54) is 6.42 Å². The van der Waals surface area contributed by atoms with Crippen LogP contribution in [-0.2, 0) is 4.79 Å². The molecule has 2 fully saturated rings. The van der Waals surface area contributed by atoms with Gasteiger partial charge in [0, 0.05) is 24.6 Å². The van der Waals surface area contributed by atoms with Crippen molar-refractivity contribution in [2.75, 3.05) is 31.6 Å². The Morgan fingerprint density at radius 2 is 2.00 bits per heavy atom. The summed E-state index contributed by atoms with van der Waals surface area (Å²) in [6.45, 7) is 1.87. The molecule has 0 atom stereocenters. The van der Waals surface area contributed by atoms with Crippen molar-refractivity contribution < 1.29 is 4.79 Å². The molecule has 2 rings (SSSR count). The molecule has 0 unspecified atom stereocenters. The molecular weight excluding hydrogens is 196 g/mol. The van der Waals surface area contributed by atoms with Crippen molar-refractivity contribution in [1.82, 2.24) is 10.2 Å². The van der Waals surface area contributed by atoms with Crippen LogP contribution in [0.1, 0.15) is 19.3 Å². The highest BCUT2D eigenvalue weighted by atomic mass is 32.2. The Morgan fingerprint density at radius 3 is 2.43 bits per heavy atom. The molecule has 0 aromatic rings. The highest BCUT2D eigenvalue weighted by Gasteiger charge is 2.44. The second-order valence-corrected chi connectivity index (χ2v) is 5.31. The molecule has 80 valence electrons. The molecule has 2 aliphatic rings. The van der Waals surface area contributed by atoms with Gasteiger partial charge in [-0.1, -0.05) is 0 Å². The molecule has 0 radical (unpaired) electrons. The lowest BCUT2D eigenvalue weighted by atomic mass is 9.75. The Balaban J connectivity index is 1.98. The Labute approximate surface area is 89.6 Å². The van der Waals surface area contributed by atoms with Crippen molar-refractivity contribution in [3.63, 3.8) is 0 Å². The monoisotopic (exact) mass is 214 g/mol. The maximum atomic E-state index is 12.2. The summed E-state index contributed by atoms with van der Waals surface area (Å²) in [5.41, 5.74) is -0.192. The predicted octanol–water partition coefficient (Wildman–Crippen LogP) is 0.704. The van der Waals surface area contributed by atoms with Crippen molar-refractivity contribution in [2.45, 2.75) is 24.8 Å². The van der Waals surface area contributed by atoms with Crippen molar-refractivity contribution in [3.8, 4) is 0 Å². The van der Waals surface area contributed by atoms with Crippen LogP contribution in [0.4, 0.5) is 0 Å². The summed E-state index contributed by atoms with van der Waals surface area (Å²) in [4.78, 5) is 14.2. The Morgan fingerprint density at radius 1 is 1.36 bits per heavy atom. The predicted molar refractivity (Wildman–Crippen MR) is 59.5 cm³/mol. The molecule has 1 aliphatic heterocycles. The van der Waals surface area contributed by atoms with Crippen LogP contribution in [0.5, 0.6) is 0 Å². The van der Waals surface area contributed by atoms with Crippen LogP contribution < -0.4 is 5.32 Å². The van der Waals surface area contributed by atoms with Crippen LogP contribution >= 0.6 is 11.8 Å². The van der Waals surface area contributed by atoms with Crippen molar-refractivity contribution >= 4 is 17.7 Å². The second kappa shape index (κ2) is 4.11. The fraction of sp³-hybridized carbons (Fsp3) is 0.900.